The Kier molecular flexibility index (Phi) is 4.86. The van der Waals surface area contributed by atoms with Crippen LogP contribution in [0.1, 0.15) is 28.5 Å². The highest BCUT2D eigenvalue weighted by atomic mass is 19.4. The van der Waals surface area contributed by atoms with E-state index >= 15 is 0 Å². The third kappa shape index (κ3) is 3.89. The second-order valence-corrected chi connectivity index (χ2v) is 5.12. The average Bonchev–Trinajstić information content (AvgIpc) is 2.96. The zero-order valence-corrected chi connectivity index (χ0v) is 12.4. The number of nitrogens with one attached hydrogen (secondary N) is 2. The number of aromatic nitrogens is 2. The molecular weight excluding hydrogens is 329 g/mol. The number of rotatable bonds is 5. The highest BCUT2D eigenvalue weighted by Gasteiger charge is 2.33. The van der Waals surface area contributed by atoms with E-state index in [1.807, 2.05) is 0 Å². The zero-order valence-electron chi connectivity index (χ0n) is 12.4. The summed E-state index contributed by atoms with van der Waals surface area (Å²) in [6.45, 7) is 1.51. The first-order chi connectivity index (χ1) is 11.2. The van der Waals surface area contributed by atoms with Crippen LogP contribution in [0.2, 0.25) is 0 Å². The van der Waals surface area contributed by atoms with Gasteiger partial charge in [-0.15, -0.1) is 0 Å². The van der Waals surface area contributed by atoms with Crippen LogP contribution in [0.15, 0.2) is 30.5 Å². The van der Waals surface area contributed by atoms with Gasteiger partial charge in [0.05, 0.1) is 10.5 Å². The van der Waals surface area contributed by atoms with Gasteiger partial charge in [-0.25, -0.2) is 0 Å². The van der Waals surface area contributed by atoms with Crippen molar-refractivity contribution in [2.45, 2.75) is 25.6 Å². The van der Waals surface area contributed by atoms with Gasteiger partial charge >= 0.3 is 11.9 Å². The molecule has 0 aliphatic rings. The largest absolute Gasteiger partial charge is 0.416 e. The first kappa shape index (κ1) is 17.4. The number of H-pyrrole nitrogens is 1. The molecule has 0 spiro atoms. The number of carbonyl (C=O) groups excluding carboxylic acids is 1. The lowest BCUT2D eigenvalue weighted by atomic mass is 10.0. The second kappa shape index (κ2) is 6.69. The lowest BCUT2D eigenvalue weighted by Crippen LogP contribution is -2.35. The number of aromatic amines is 1. The van der Waals surface area contributed by atoms with Crippen LogP contribution in [-0.2, 0) is 12.6 Å². The van der Waals surface area contributed by atoms with Crippen LogP contribution < -0.4 is 5.32 Å². The fraction of sp³-hybridized carbons (Fsp3) is 0.286. The van der Waals surface area contributed by atoms with Crippen molar-refractivity contribution in [2.24, 2.45) is 0 Å². The van der Waals surface area contributed by atoms with Gasteiger partial charge in [0.1, 0.15) is 6.20 Å². The van der Waals surface area contributed by atoms with Crippen molar-refractivity contribution in [2.75, 3.05) is 0 Å². The fourth-order valence-corrected chi connectivity index (χ4v) is 2.24. The Bertz CT molecular complexity index is 758. The number of hydrogen-bond donors (Lipinski definition) is 2. The highest BCUT2D eigenvalue weighted by Crippen LogP contribution is 2.32. The molecule has 0 saturated carbocycles. The Hall–Kier alpha value is -2.91. The zero-order chi connectivity index (χ0) is 17.9. The van der Waals surface area contributed by atoms with Gasteiger partial charge in [0, 0.05) is 6.04 Å². The normalized spacial score (nSPS) is 12.7. The number of amides is 1. The van der Waals surface area contributed by atoms with E-state index in [0.717, 1.165) is 12.3 Å². The molecular formula is C14H13F3N4O3. The van der Waals surface area contributed by atoms with Crippen molar-refractivity contribution in [1.82, 2.24) is 15.5 Å². The lowest BCUT2D eigenvalue weighted by Gasteiger charge is -2.17. The van der Waals surface area contributed by atoms with Crippen LogP contribution in [0.4, 0.5) is 18.9 Å². The van der Waals surface area contributed by atoms with Gasteiger partial charge in [0.2, 0.25) is 5.69 Å². The van der Waals surface area contributed by atoms with Crippen molar-refractivity contribution in [3.8, 4) is 0 Å². The third-order valence-corrected chi connectivity index (χ3v) is 3.27. The Morgan fingerprint density at radius 1 is 1.42 bits per heavy atom. The van der Waals surface area contributed by atoms with E-state index in [2.05, 4.69) is 15.5 Å². The lowest BCUT2D eigenvalue weighted by molar-refractivity contribution is -0.385. The fourth-order valence-electron chi connectivity index (χ4n) is 2.24. The highest BCUT2D eigenvalue weighted by molar-refractivity contribution is 5.96. The number of nitro groups is 1. The molecule has 0 radical (unpaired) electrons. The Morgan fingerprint density at radius 3 is 2.71 bits per heavy atom. The Balaban J connectivity index is 2.12. The summed E-state index contributed by atoms with van der Waals surface area (Å²) >= 11 is 0. The van der Waals surface area contributed by atoms with Crippen LogP contribution in [0.25, 0.3) is 0 Å². The molecule has 0 bridgehead atoms. The monoisotopic (exact) mass is 342 g/mol. The third-order valence-electron chi connectivity index (χ3n) is 3.27. The van der Waals surface area contributed by atoms with E-state index < -0.39 is 34.3 Å². The summed E-state index contributed by atoms with van der Waals surface area (Å²) in [5, 5.41) is 18.8. The van der Waals surface area contributed by atoms with Gasteiger partial charge in [-0.1, -0.05) is 18.2 Å². The molecule has 10 heteroatoms. The van der Waals surface area contributed by atoms with E-state index in [-0.39, 0.29) is 17.7 Å². The summed E-state index contributed by atoms with van der Waals surface area (Å²) in [6, 6.07) is 4.36. The molecule has 1 aromatic carbocycles. The molecule has 1 heterocycles. The summed E-state index contributed by atoms with van der Waals surface area (Å²) in [4.78, 5) is 22.0. The van der Waals surface area contributed by atoms with E-state index in [1.165, 1.54) is 25.1 Å². The minimum atomic E-state index is -4.50. The van der Waals surface area contributed by atoms with E-state index in [4.69, 9.17) is 0 Å². The minimum absolute atomic E-state index is 0.0249. The number of alkyl halides is 3. The standard InChI is InChI=1S/C14H13F3N4O3/c1-8(6-9-4-2-3-5-10(9)14(15,16)17)19-13(22)12-11(21(23)24)7-18-20-12/h2-5,7-8H,6H2,1H3,(H,18,20)(H,19,22). The first-order valence-corrected chi connectivity index (χ1v) is 6.84. The molecule has 1 aromatic heterocycles. The van der Waals surface area contributed by atoms with Gasteiger partial charge in [-0.05, 0) is 25.0 Å². The molecule has 1 atom stereocenters. The second-order valence-electron chi connectivity index (χ2n) is 5.12. The predicted octanol–water partition coefficient (Wildman–Crippen LogP) is 2.70. The summed E-state index contributed by atoms with van der Waals surface area (Å²) < 4.78 is 38.9. The molecule has 2 aromatic rings. The maximum absolute atomic E-state index is 13.0. The van der Waals surface area contributed by atoms with E-state index in [9.17, 15) is 28.1 Å². The molecule has 2 rings (SSSR count). The number of hydrogen-bond acceptors (Lipinski definition) is 4. The molecule has 128 valence electrons. The Morgan fingerprint density at radius 2 is 2.08 bits per heavy atom. The number of carbonyl (C=O) groups is 1. The molecule has 0 aliphatic heterocycles. The summed E-state index contributed by atoms with van der Waals surface area (Å²) in [7, 11) is 0. The number of benzene rings is 1. The van der Waals surface area contributed by atoms with Crippen molar-refractivity contribution < 1.29 is 22.9 Å². The van der Waals surface area contributed by atoms with Crippen LogP contribution in [0.3, 0.4) is 0 Å². The Labute approximate surface area is 134 Å². The van der Waals surface area contributed by atoms with E-state index in [1.54, 1.807) is 0 Å². The predicted molar refractivity (Wildman–Crippen MR) is 77.3 cm³/mol. The van der Waals surface area contributed by atoms with Gasteiger partial charge in [-0.2, -0.15) is 18.3 Å². The maximum atomic E-state index is 13.0. The van der Waals surface area contributed by atoms with Crippen LogP contribution in [-0.4, -0.2) is 27.1 Å². The van der Waals surface area contributed by atoms with Gasteiger partial charge in [0.25, 0.3) is 5.91 Å². The maximum Gasteiger partial charge on any atom is 0.416 e. The molecule has 0 fully saturated rings. The van der Waals surface area contributed by atoms with Crippen LogP contribution in [0, 0.1) is 10.1 Å². The molecule has 2 N–H and O–H groups in total. The van der Waals surface area contributed by atoms with Crippen LogP contribution >= 0.6 is 0 Å². The average molecular weight is 342 g/mol. The van der Waals surface area contributed by atoms with Gasteiger partial charge in [0.15, 0.2) is 0 Å². The molecule has 0 aliphatic carbocycles. The van der Waals surface area contributed by atoms with Crippen molar-refractivity contribution >= 4 is 11.6 Å². The molecule has 1 unspecified atom stereocenters. The molecule has 7 nitrogen and oxygen atoms in total. The van der Waals surface area contributed by atoms with Crippen LogP contribution in [0.5, 0.6) is 0 Å². The van der Waals surface area contributed by atoms with Crippen molar-refractivity contribution in [1.29, 1.82) is 0 Å². The molecule has 0 saturated heterocycles. The molecule has 24 heavy (non-hydrogen) atoms. The molecule has 1 amide bonds. The summed E-state index contributed by atoms with van der Waals surface area (Å²) in [6.07, 6.45) is -3.69. The first-order valence-electron chi connectivity index (χ1n) is 6.84. The quantitative estimate of drug-likeness (QED) is 0.644. The summed E-state index contributed by atoms with van der Waals surface area (Å²) in [5.74, 6) is -0.809. The SMILES string of the molecule is CC(Cc1ccccc1C(F)(F)F)NC(=O)c1[nH]ncc1[N+](=O)[O-]. The van der Waals surface area contributed by atoms with Crippen molar-refractivity contribution in [3.63, 3.8) is 0 Å². The topological polar surface area (TPSA) is 101 Å². The number of nitrogens with zero attached hydrogens (tertiary/aromatic N) is 2. The minimum Gasteiger partial charge on any atom is -0.348 e. The summed E-state index contributed by atoms with van der Waals surface area (Å²) in [5.41, 5.74) is -1.61. The van der Waals surface area contributed by atoms with E-state index in [0.29, 0.717) is 0 Å². The van der Waals surface area contributed by atoms with Crippen molar-refractivity contribution in [3.05, 3.63) is 57.4 Å². The van der Waals surface area contributed by atoms with Gasteiger partial charge < -0.3 is 5.32 Å². The smallest absolute Gasteiger partial charge is 0.348 e. The van der Waals surface area contributed by atoms with Gasteiger partial charge in [-0.3, -0.25) is 20.0 Å². The number of halogens is 3.